The molecule has 2 aliphatic heterocycles. The molecule has 0 radical (unpaired) electrons. The van der Waals surface area contributed by atoms with E-state index >= 15 is 0 Å². The first-order valence-electron chi connectivity index (χ1n) is 9.76. The lowest BCUT2D eigenvalue weighted by Crippen LogP contribution is -2.57. The fourth-order valence-electron chi connectivity index (χ4n) is 4.43. The van der Waals surface area contributed by atoms with Crippen LogP contribution in [0.4, 0.5) is 0 Å². The zero-order valence-corrected chi connectivity index (χ0v) is 15.8. The number of hydrogen-bond donors (Lipinski definition) is 0. The van der Waals surface area contributed by atoms with E-state index in [1.165, 1.54) is 5.56 Å². The molecule has 0 N–H and O–H groups in total. The summed E-state index contributed by atoms with van der Waals surface area (Å²) in [6.45, 7) is 2.40. The van der Waals surface area contributed by atoms with Crippen molar-refractivity contribution in [1.29, 1.82) is 0 Å². The number of fused-ring (bicyclic) bond motifs is 2. The van der Waals surface area contributed by atoms with E-state index in [1.807, 2.05) is 24.3 Å². The SMILES string of the molecule is COc1cccc(CC(=O)C2CC3COCC(C2)N3Cc2ccccc2)c1. The highest BCUT2D eigenvalue weighted by Crippen LogP contribution is 2.34. The third-order valence-corrected chi connectivity index (χ3v) is 5.85. The molecule has 2 aromatic rings. The zero-order chi connectivity index (χ0) is 18.6. The Morgan fingerprint density at radius 3 is 2.44 bits per heavy atom. The van der Waals surface area contributed by atoms with E-state index in [-0.39, 0.29) is 5.92 Å². The van der Waals surface area contributed by atoms with E-state index in [4.69, 9.17) is 9.47 Å². The molecule has 4 nitrogen and oxygen atoms in total. The highest BCUT2D eigenvalue weighted by atomic mass is 16.5. The molecule has 0 aromatic heterocycles. The van der Waals surface area contributed by atoms with Crippen molar-refractivity contribution in [3.05, 3.63) is 65.7 Å². The van der Waals surface area contributed by atoms with E-state index in [1.54, 1.807) is 7.11 Å². The Morgan fingerprint density at radius 1 is 1.04 bits per heavy atom. The molecule has 0 saturated carbocycles. The van der Waals surface area contributed by atoms with Crippen LogP contribution in [0, 0.1) is 5.92 Å². The highest BCUT2D eigenvalue weighted by molar-refractivity contribution is 5.83. The normalized spacial score (nSPS) is 25.1. The molecule has 2 atom stereocenters. The van der Waals surface area contributed by atoms with Crippen molar-refractivity contribution < 1.29 is 14.3 Å². The van der Waals surface area contributed by atoms with Crippen LogP contribution in [0.1, 0.15) is 24.0 Å². The van der Waals surface area contributed by atoms with Gasteiger partial charge in [0.2, 0.25) is 0 Å². The third-order valence-electron chi connectivity index (χ3n) is 5.85. The first kappa shape index (κ1) is 18.2. The van der Waals surface area contributed by atoms with E-state index in [0.717, 1.165) is 43.9 Å². The molecule has 142 valence electrons. The summed E-state index contributed by atoms with van der Waals surface area (Å²) in [5, 5.41) is 0. The Hall–Kier alpha value is -2.17. The molecule has 4 rings (SSSR count). The smallest absolute Gasteiger partial charge is 0.140 e. The summed E-state index contributed by atoms with van der Waals surface area (Å²) in [4.78, 5) is 15.5. The number of piperidine rings is 1. The summed E-state index contributed by atoms with van der Waals surface area (Å²) in [5.41, 5.74) is 2.36. The Balaban J connectivity index is 1.42. The van der Waals surface area contributed by atoms with Crippen LogP contribution in [0.2, 0.25) is 0 Å². The molecule has 4 heteroatoms. The maximum absolute atomic E-state index is 13.0. The van der Waals surface area contributed by atoms with Gasteiger partial charge in [-0.05, 0) is 36.1 Å². The van der Waals surface area contributed by atoms with E-state index < -0.39 is 0 Å². The maximum atomic E-state index is 13.0. The summed E-state index contributed by atoms with van der Waals surface area (Å²) in [5.74, 6) is 1.28. The van der Waals surface area contributed by atoms with Crippen LogP contribution in [-0.2, 0) is 22.5 Å². The third kappa shape index (κ3) is 4.23. The van der Waals surface area contributed by atoms with Gasteiger partial charge in [-0.25, -0.2) is 0 Å². The summed E-state index contributed by atoms with van der Waals surface area (Å²) >= 11 is 0. The van der Waals surface area contributed by atoms with Crippen molar-refractivity contribution in [3.63, 3.8) is 0 Å². The van der Waals surface area contributed by atoms with Gasteiger partial charge < -0.3 is 9.47 Å². The number of carbonyl (C=O) groups is 1. The number of methoxy groups -OCH3 is 1. The minimum atomic E-state index is 0.127. The van der Waals surface area contributed by atoms with Crippen LogP contribution < -0.4 is 4.74 Å². The van der Waals surface area contributed by atoms with Crippen molar-refractivity contribution in [2.75, 3.05) is 20.3 Å². The fraction of sp³-hybridized carbons (Fsp3) is 0.435. The average molecular weight is 365 g/mol. The number of rotatable bonds is 6. The van der Waals surface area contributed by atoms with Crippen molar-refractivity contribution in [1.82, 2.24) is 4.90 Å². The van der Waals surface area contributed by atoms with Crippen molar-refractivity contribution >= 4 is 5.78 Å². The predicted molar refractivity (Wildman–Crippen MR) is 105 cm³/mol. The lowest BCUT2D eigenvalue weighted by molar-refractivity contribution is -0.133. The largest absolute Gasteiger partial charge is 0.497 e. The molecular weight excluding hydrogens is 338 g/mol. The molecule has 2 bridgehead atoms. The topological polar surface area (TPSA) is 38.8 Å². The van der Waals surface area contributed by atoms with Crippen LogP contribution in [0.3, 0.4) is 0 Å². The number of Topliss-reactive ketones (excluding diaryl/α,β-unsaturated/α-hetero) is 1. The van der Waals surface area contributed by atoms with Crippen molar-refractivity contribution in [3.8, 4) is 5.75 Å². The predicted octanol–water partition coefficient (Wildman–Crippen LogP) is 3.49. The van der Waals surface area contributed by atoms with Gasteiger partial charge in [0.05, 0.1) is 20.3 Å². The van der Waals surface area contributed by atoms with Gasteiger partial charge in [-0.1, -0.05) is 42.5 Å². The van der Waals surface area contributed by atoms with Gasteiger partial charge in [0, 0.05) is 31.0 Å². The molecule has 0 spiro atoms. The zero-order valence-electron chi connectivity index (χ0n) is 15.8. The molecule has 2 unspecified atom stereocenters. The van der Waals surface area contributed by atoms with E-state index in [9.17, 15) is 4.79 Å². The molecule has 27 heavy (non-hydrogen) atoms. The minimum Gasteiger partial charge on any atom is -0.497 e. The molecular formula is C23H27NO3. The van der Waals surface area contributed by atoms with E-state index in [0.29, 0.717) is 24.3 Å². The summed E-state index contributed by atoms with van der Waals surface area (Å²) in [7, 11) is 1.66. The monoisotopic (exact) mass is 365 g/mol. The second-order valence-corrected chi connectivity index (χ2v) is 7.67. The molecule has 2 fully saturated rings. The lowest BCUT2D eigenvalue weighted by Gasteiger charge is -2.48. The number of hydrogen-bond acceptors (Lipinski definition) is 4. The summed E-state index contributed by atoms with van der Waals surface area (Å²) < 4.78 is 11.1. The van der Waals surface area contributed by atoms with Gasteiger partial charge in [-0.15, -0.1) is 0 Å². The van der Waals surface area contributed by atoms with Gasteiger partial charge in [0.1, 0.15) is 11.5 Å². The number of ether oxygens (including phenoxy) is 2. The number of benzene rings is 2. The fourth-order valence-corrected chi connectivity index (χ4v) is 4.43. The highest BCUT2D eigenvalue weighted by Gasteiger charge is 2.40. The first-order chi connectivity index (χ1) is 13.2. The van der Waals surface area contributed by atoms with Crippen LogP contribution in [0.5, 0.6) is 5.75 Å². The minimum absolute atomic E-state index is 0.127. The van der Waals surface area contributed by atoms with Crippen molar-refractivity contribution in [2.45, 2.75) is 37.9 Å². The standard InChI is InChI=1S/C23H27NO3/c1-26-22-9-5-8-18(10-22)11-23(25)19-12-20-15-27-16-21(13-19)24(20)14-17-6-3-2-4-7-17/h2-10,19-21H,11-16H2,1H3. The molecule has 2 saturated heterocycles. The van der Waals surface area contributed by atoms with Gasteiger partial charge >= 0.3 is 0 Å². The molecule has 2 aliphatic rings. The molecule has 2 heterocycles. The van der Waals surface area contributed by atoms with Crippen molar-refractivity contribution in [2.24, 2.45) is 5.92 Å². The second-order valence-electron chi connectivity index (χ2n) is 7.67. The lowest BCUT2D eigenvalue weighted by atomic mass is 9.80. The second kappa shape index (κ2) is 8.24. The van der Waals surface area contributed by atoms with Crippen LogP contribution >= 0.6 is 0 Å². The van der Waals surface area contributed by atoms with Gasteiger partial charge in [-0.2, -0.15) is 0 Å². The summed E-state index contributed by atoms with van der Waals surface area (Å²) in [6, 6.07) is 19.1. The molecule has 0 amide bonds. The van der Waals surface area contributed by atoms with E-state index in [2.05, 4.69) is 35.2 Å². The Kier molecular flexibility index (Phi) is 5.55. The van der Waals surface area contributed by atoms with Gasteiger partial charge in [-0.3, -0.25) is 9.69 Å². The van der Waals surface area contributed by atoms with Crippen LogP contribution in [0.15, 0.2) is 54.6 Å². The Labute approximate surface area is 161 Å². The molecule has 2 aromatic carbocycles. The van der Waals surface area contributed by atoms with Crippen LogP contribution in [0.25, 0.3) is 0 Å². The first-order valence-corrected chi connectivity index (χ1v) is 9.76. The number of morpholine rings is 1. The summed E-state index contributed by atoms with van der Waals surface area (Å²) in [6.07, 6.45) is 2.28. The molecule has 0 aliphatic carbocycles. The van der Waals surface area contributed by atoms with Gasteiger partial charge in [0.15, 0.2) is 0 Å². The number of nitrogens with zero attached hydrogens (tertiary/aromatic N) is 1. The van der Waals surface area contributed by atoms with Gasteiger partial charge in [0.25, 0.3) is 0 Å². The Morgan fingerprint density at radius 2 is 1.74 bits per heavy atom. The van der Waals surface area contributed by atoms with Crippen LogP contribution in [-0.4, -0.2) is 43.1 Å². The average Bonchev–Trinajstić information content (AvgIpc) is 2.68. The quantitative estimate of drug-likeness (QED) is 0.786. The number of ketones is 1. The Bertz CT molecular complexity index is 762. The maximum Gasteiger partial charge on any atom is 0.140 e. The number of carbonyl (C=O) groups excluding carboxylic acids is 1.